The standard InChI is InChI=1S/C14H17F2NO4/c1-14(2,12(19)20)17(3)11(18)8-9-6-4-5-7-10(9)21-13(15)16/h4-7,13H,8H2,1-3H3,(H,19,20). The van der Waals surface area contributed by atoms with Gasteiger partial charge < -0.3 is 14.7 Å². The van der Waals surface area contributed by atoms with Crippen LogP contribution >= 0.6 is 0 Å². The number of carbonyl (C=O) groups excluding carboxylic acids is 1. The Morgan fingerprint density at radius 2 is 1.90 bits per heavy atom. The summed E-state index contributed by atoms with van der Waals surface area (Å²) in [6, 6.07) is 5.91. The summed E-state index contributed by atoms with van der Waals surface area (Å²) < 4.78 is 28.9. The van der Waals surface area contributed by atoms with E-state index in [1.165, 1.54) is 39.1 Å². The molecule has 1 amide bonds. The predicted octanol–water partition coefficient (Wildman–Crippen LogP) is 2.15. The average Bonchev–Trinajstić information content (AvgIpc) is 2.39. The molecule has 0 spiro atoms. The number of carbonyl (C=O) groups is 2. The number of nitrogens with zero attached hydrogens (tertiary/aromatic N) is 1. The third-order valence-electron chi connectivity index (χ3n) is 3.27. The fourth-order valence-electron chi connectivity index (χ4n) is 1.60. The molecule has 0 aromatic heterocycles. The summed E-state index contributed by atoms with van der Waals surface area (Å²) in [5.74, 6) is -1.76. The second-order valence-electron chi connectivity index (χ2n) is 4.98. The highest BCUT2D eigenvalue weighted by Gasteiger charge is 2.35. The molecule has 0 heterocycles. The molecular weight excluding hydrogens is 284 g/mol. The van der Waals surface area contributed by atoms with E-state index in [1.807, 2.05) is 0 Å². The highest BCUT2D eigenvalue weighted by molar-refractivity contribution is 5.87. The lowest BCUT2D eigenvalue weighted by Gasteiger charge is -2.31. The summed E-state index contributed by atoms with van der Waals surface area (Å²) >= 11 is 0. The van der Waals surface area contributed by atoms with Crippen LogP contribution in [0, 0.1) is 0 Å². The number of para-hydroxylation sites is 1. The van der Waals surface area contributed by atoms with Gasteiger partial charge in [-0.15, -0.1) is 0 Å². The fraction of sp³-hybridized carbons (Fsp3) is 0.429. The highest BCUT2D eigenvalue weighted by atomic mass is 19.3. The zero-order valence-electron chi connectivity index (χ0n) is 12.0. The molecule has 0 saturated heterocycles. The first-order valence-corrected chi connectivity index (χ1v) is 6.19. The maximum atomic E-state index is 12.3. The maximum absolute atomic E-state index is 12.3. The lowest BCUT2D eigenvalue weighted by molar-refractivity contribution is -0.155. The maximum Gasteiger partial charge on any atom is 0.387 e. The Bertz CT molecular complexity index is 531. The Balaban J connectivity index is 2.91. The normalized spacial score (nSPS) is 11.3. The Kier molecular flexibility index (Phi) is 5.23. The predicted molar refractivity (Wildman–Crippen MR) is 71.3 cm³/mol. The van der Waals surface area contributed by atoms with Gasteiger partial charge in [-0.25, -0.2) is 4.79 Å². The van der Waals surface area contributed by atoms with Crippen LogP contribution in [0.15, 0.2) is 24.3 Å². The van der Waals surface area contributed by atoms with Gasteiger partial charge in [0, 0.05) is 12.6 Å². The van der Waals surface area contributed by atoms with Gasteiger partial charge in [0.25, 0.3) is 0 Å². The zero-order valence-corrected chi connectivity index (χ0v) is 12.0. The summed E-state index contributed by atoms with van der Waals surface area (Å²) in [7, 11) is 1.35. The average molecular weight is 301 g/mol. The monoisotopic (exact) mass is 301 g/mol. The topological polar surface area (TPSA) is 66.8 Å². The molecule has 0 unspecified atom stereocenters. The summed E-state index contributed by atoms with van der Waals surface area (Å²) in [6.07, 6.45) is -0.226. The van der Waals surface area contributed by atoms with Gasteiger partial charge in [0.1, 0.15) is 11.3 Å². The molecule has 7 heteroatoms. The Labute approximate surface area is 121 Å². The lowest BCUT2D eigenvalue weighted by Crippen LogP contribution is -2.51. The van der Waals surface area contributed by atoms with Crippen LogP contribution in [0.25, 0.3) is 0 Å². The number of carboxylic acid groups (broad SMARTS) is 1. The van der Waals surface area contributed by atoms with E-state index in [9.17, 15) is 18.4 Å². The highest BCUT2D eigenvalue weighted by Crippen LogP contribution is 2.22. The van der Waals surface area contributed by atoms with Crippen LogP contribution in [0.5, 0.6) is 5.75 Å². The van der Waals surface area contributed by atoms with Gasteiger partial charge >= 0.3 is 12.6 Å². The summed E-state index contributed by atoms with van der Waals surface area (Å²) in [5.41, 5.74) is -1.12. The largest absolute Gasteiger partial charge is 0.480 e. The molecule has 0 aliphatic heterocycles. The quantitative estimate of drug-likeness (QED) is 0.874. The van der Waals surface area contributed by atoms with Crippen molar-refractivity contribution >= 4 is 11.9 Å². The van der Waals surface area contributed by atoms with E-state index in [1.54, 1.807) is 6.07 Å². The molecule has 0 aliphatic carbocycles. The smallest absolute Gasteiger partial charge is 0.387 e. The van der Waals surface area contributed by atoms with Crippen molar-refractivity contribution in [3.05, 3.63) is 29.8 Å². The second kappa shape index (κ2) is 6.51. The Hall–Kier alpha value is -2.18. The molecule has 1 N–H and O–H groups in total. The van der Waals surface area contributed by atoms with Gasteiger partial charge in [-0.3, -0.25) is 4.79 Å². The van der Waals surface area contributed by atoms with Crippen molar-refractivity contribution in [3.8, 4) is 5.75 Å². The number of alkyl halides is 2. The van der Waals surface area contributed by atoms with Crippen LogP contribution in [0.4, 0.5) is 8.78 Å². The number of amides is 1. The molecule has 1 rings (SSSR count). The molecule has 0 bridgehead atoms. The van der Waals surface area contributed by atoms with Crippen LogP contribution in [-0.4, -0.2) is 41.1 Å². The van der Waals surface area contributed by atoms with Gasteiger partial charge in [0.2, 0.25) is 5.91 Å². The van der Waals surface area contributed by atoms with Gasteiger partial charge in [0.05, 0.1) is 6.42 Å². The van der Waals surface area contributed by atoms with E-state index >= 15 is 0 Å². The van der Waals surface area contributed by atoms with Crippen molar-refractivity contribution in [2.24, 2.45) is 0 Å². The van der Waals surface area contributed by atoms with E-state index in [4.69, 9.17) is 5.11 Å². The van der Waals surface area contributed by atoms with Crippen molar-refractivity contribution in [2.45, 2.75) is 32.4 Å². The second-order valence-corrected chi connectivity index (χ2v) is 4.98. The first-order chi connectivity index (χ1) is 9.66. The van der Waals surface area contributed by atoms with Crippen LogP contribution in [0.3, 0.4) is 0 Å². The number of aliphatic carboxylic acids is 1. The molecule has 5 nitrogen and oxygen atoms in total. The molecular formula is C14H17F2NO4. The van der Waals surface area contributed by atoms with Crippen molar-refractivity contribution in [1.29, 1.82) is 0 Å². The van der Waals surface area contributed by atoms with Gasteiger partial charge in [-0.2, -0.15) is 8.78 Å². The number of hydrogen-bond acceptors (Lipinski definition) is 3. The Morgan fingerprint density at radius 3 is 2.43 bits per heavy atom. The Morgan fingerprint density at radius 1 is 1.33 bits per heavy atom. The number of rotatable bonds is 6. The number of benzene rings is 1. The molecule has 116 valence electrons. The van der Waals surface area contributed by atoms with E-state index < -0.39 is 24.0 Å². The lowest BCUT2D eigenvalue weighted by atomic mass is 10.0. The number of carboxylic acids is 1. The molecule has 0 atom stereocenters. The molecule has 0 saturated carbocycles. The van der Waals surface area contributed by atoms with Crippen LogP contribution in [0.2, 0.25) is 0 Å². The summed E-state index contributed by atoms with van der Waals surface area (Å²) in [5, 5.41) is 9.08. The number of ether oxygens (including phenoxy) is 1. The number of halogens is 2. The third kappa shape index (κ3) is 4.14. The molecule has 1 aromatic rings. The number of likely N-dealkylation sites (N-methyl/N-ethyl adjacent to an activating group) is 1. The number of hydrogen-bond donors (Lipinski definition) is 1. The fourth-order valence-corrected chi connectivity index (χ4v) is 1.60. The van der Waals surface area contributed by atoms with Gasteiger partial charge in [-0.05, 0) is 19.9 Å². The van der Waals surface area contributed by atoms with E-state index in [2.05, 4.69) is 4.74 Å². The molecule has 0 aliphatic rings. The SMILES string of the molecule is CN(C(=O)Cc1ccccc1OC(F)F)C(C)(C)C(=O)O. The first-order valence-electron chi connectivity index (χ1n) is 6.19. The minimum atomic E-state index is -2.99. The first kappa shape index (κ1) is 16.9. The van der Waals surface area contributed by atoms with Crippen LogP contribution in [-0.2, 0) is 16.0 Å². The molecule has 1 aromatic carbocycles. The minimum absolute atomic E-state index is 0.0950. The van der Waals surface area contributed by atoms with Crippen molar-refractivity contribution in [3.63, 3.8) is 0 Å². The van der Waals surface area contributed by atoms with Gasteiger partial charge in [-0.1, -0.05) is 18.2 Å². The van der Waals surface area contributed by atoms with Crippen LogP contribution < -0.4 is 4.74 Å². The van der Waals surface area contributed by atoms with Crippen molar-refractivity contribution in [1.82, 2.24) is 4.90 Å². The zero-order chi connectivity index (χ0) is 16.2. The van der Waals surface area contributed by atoms with Crippen LogP contribution in [0.1, 0.15) is 19.4 Å². The third-order valence-corrected chi connectivity index (χ3v) is 3.27. The molecule has 0 fully saturated rings. The van der Waals surface area contributed by atoms with Crippen molar-refractivity contribution in [2.75, 3.05) is 7.05 Å². The van der Waals surface area contributed by atoms with E-state index in [0.717, 1.165) is 4.90 Å². The van der Waals surface area contributed by atoms with E-state index in [-0.39, 0.29) is 17.7 Å². The molecule has 21 heavy (non-hydrogen) atoms. The summed E-state index contributed by atoms with van der Waals surface area (Å²) in [6.45, 7) is -0.224. The van der Waals surface area contributed by atoms with Gasteiger partial charge in [0.15, 0.2) is 0 Å². The summed E-state index contributed by atoms with van der Waals surface area (Å²) in [4.78, 5) is 24.3. The minimum Gasteiger partial charge on any atom is -0.480 e. The molecule has 0 radical (unpaired) electrons. The van der Waals surface area contributed by atoms with E-state index in [0.29, 0.717) is 0 Å². The van der Waals surface area contributed by atoms with Crippen molar-refractivity contribution < 1.29 is 28.2 Å².